The minimum absolute atomic E-state index is 0.438. The van der Waals surface area contributed by atoms with Crippen LogP contribution in [0.25, 0.3) is 0 Å². The summed E-state index contributed by atoms with van der Waals surface area (Å²) in [6, 6.07) is 2.77. The first-order valence-corrected chi connectivity index (χ1v) is 7.73. The molecule has 2 fully saturated rings. The van der Waals surface area contributed by atoms with Gasteiger partial charge < -0.3 is 14.5 Å². The first-order chi connectivity index (χ1) is 9.33. The highest BCUT2D eigenvalue weighted by Crippen LogP contribution is 2.27. The number of nitrogens with one attached hydrogen (secondary N) is 1. The van der Waals surface area contributed by atoms with Crippen molar-refractivity contribution in [3.63, 3.8) is 0 Å². The summed E-state index contributed by atoms with van der Waals surface area (Å²) >= 11 is 0. The van der Waals surface area contributed by atoms with E-state index in [4.69, 9.17) is 9.15 Å². The SMILES string of the molecule is CC1CCCCC1OCc1ccoc1CNC1CC1. The highest BCUT2D eigenvalue weighted by molar-refractivity contribution is 5.16. The van der Waals surface area contributed by atoms with E-state index in [1.54, 1.807) is 6.26 Å². The maximum absolute atomic E-state index is 6.11. The quantitative estimate of drug-likeness (QED) is 0.851. The van der Waals surface area contributed by atoms with Crippen LogP contribution >= 0.6 is 0 Å². The van der Waals surface area contributed by atoms with Gasteiger partial charge in [-0.3, -0.25) is 0 Å². The van der Waals surface area contributed by atoms with Gasteiger partial charge in [0.1, 0.15) is 5.76 Å². The molecule has 19 heavy (non-hydrogen) atoms. The summed E-state index contributed by atoms with van der Waals surface area (Å²) in [4.78, 5) is 0. The predicted octanol–water partition coefficient (Wildman–Crippen LogP) is 3.63. The molecule has 2 unspecified atom stereocenters. The van der Waals surface area contributed by atoms with Gasteiger partial charge in [0.25, 0.3) is 0 Å². The molecule has 0 spiro atoms. The highest BCUT2D eigenvalue weighted by atomic mass is 16.5. The summed E-state index contributed by atoms with van der Waals surface area (Å²) in [6.07, 6.45) is 10.1. The Kier molecular flexibility index (Phi) is 4.24. The molecule has 106 valence electrons. The fourth-order valence-corrected chi connectivity index (χ4v) is 2.90. The fourth-order valence-electron chi connectivity index (χ4n) is 2.90. The molecule has 0 aromatic carbocycles. The third-order valence-corrected chi connectivity index (χ3v) is 4.45. The van der Waals surface area contributed by atoms with E-state index in [0.29, 0.717) is 18.6 Å². The van der Waals surface area contributed by atoms with Crippen molar-refractivity contribution in [3.8, 4) is 0 Å². The van der Waals surface area contributed by atoms with Crippen molar-refractivity contribution in [3.05, 3.63) is 23.7 Å². The number of furan rings is 1. The van der Waals surface area contributed by atoms with Crippen LogP contribution in [-0.2, 0) is 17.9 Å². The second-order valence-electron chi connectivity index (χ2n) is 6.14. The largest absolute Gasteiger partial charge is 0.468 e. The molecular formula is C16H25NO2. The monoisotopic (exact) mass is 263 g/mol. The van der Waals surface area contributed by atoms with Gasteiger partial charge in [-0.2, -0.15) is 0 Å². The fraction of sp³-hybridized carbons (Fsp3) is 0.750. The van der Waals surface area contributed by atoms with Gasteiger partial charge in [0.05, 0.1) is 25.5 Å². The normalized spacial score (nSPS) is 27.6. The van der Waals surface area contributed by atoms with Crippen LogP contribution in [0, 0.1) is 5.92 Å². The summed E-state index contributed by atoms with van der Waals surface area (Å²) in [7, 11) is 0. The lowest BCUT2D eigenvalue weighted by Crippen LogP contribution is -2.25. The van der Waals surface area contributed by atoms with Crippen LogP contribution in [0.1, 0.15) is 56.8 Å². The zero-order valence-electron chi connectivity index (χ0n) is 11.9. The third-order valence-electron chi connectivity index (χ3n) is 4.45. The molecule has 0 radical (unpaired) electrons. The lowest BCUT2D eigenvalue weighted by atomic mass is 9.88. The number of hydrogen-bond acceptors (Lipinski definition) is 3. The average molecular weight is 263 g/mol. The van der Waals surface area contributed by atoms with Crippen LogP contribution in [0.15, 0.2) is 16.7 Å². The Bertz CT molecular complexity index is 397. The molecule has 2 atom stereocenters. The van der Waals surface area contributed by atoms with Crippen LogP contribution in [0.4, 0.5) is 0 Å². The van der Waals surface area contributed by atoms with E-state index >= 15 is 0 Å². The van der Waals surface area contributed by atoms with Gasteiger partial charge in [0.2, 0.25) is 0 Å². The van der Waals surface area contributed by atoms with Crippen LogP contribution in [-0.4, -0.2) is 12.1 Å². The third kappa shape index (κ3) is 3.61. The minimum Gasteiger partial charge on any atom is -0.468 e. The van der Waals surface area contributed by atoms with E-state index in [-0.39, 0.29) is 0 Å². The predicted molar refractivity (Wildman–Crippen MR) is 74.8 cm³/mol. The Labute approximate surface area is 115 Å². The van der Waals surface area contributed by atoms with Crippen LogP contribution in [0.2, 0.25) is 0 Å². The van der Waals surface area contributed by atoms with Gasteiger partial charge in [-0.15, -0.1) is 0 Å². The van der Waals surface area contributed by atoms with Crippen molar-refractivity contribution in [1.82, 2.24) is 5.32 Å². The Morgan fingerprint density at radius 2 is 2.11 bits per heavy atom. The molecule has 3 rings (SSSR count). The van der Waals surface area contributed by atoms with Gasteiger partial charge in [0.15, 0.2) is 0 Å². The van der Waals surface area contributed by atoms with Crippen LogP contribution < -0.4 is 5.32 Å². The number of ether oxygens (including phenoxy) is 1. The Morgan fingerprint density at radius 3 is 2.89 bits per heavy atom. The molecule has 2 aliphatic rings. The molecule has 1 heterocycles. The molecule has 2 saturated carbocycles. The molecule has 1 aromatic heterocycles. The van der Waals surface area contributed by atoms with E-state index in [1.807, 2.05) is 0 Å². The number of rotatable bonds is 6. The standard InChI is InChI=1S/C16H25NO2/c1-12-4-2-3-5-15(12)19-11-13-8-9-18-16(13)10-17-14-6-7-14/h8-9,12,14-15,17H,2-7,10-11H2,1H3. The van der Waals surface area contributed by atoms with Crippen molar-refractivity contribution in [2.75, 3.05) is 0 Å². The zero-order chi connectivity index (χ0) is 13.1. The van der Waals surface area contributed by atoms with Crippen molar-refractivity contribution in [2.45, 2.75) is 70.7 Å². The molecule has 0 amide bonds. The lowest BCUT2D eigenvalue weighted by Gasteiger charge is -2.28. The van der Waals surface area contributed by atoms with E-state index in [0.717, 1.165) is 18.3 Å². The van der Waals surface area contributed by atoms with E-state index in [2.05, 4.69) is 18.3 Å². The van der Waals surface area contributed by atoms with E-state index < -0.39 is 0 Å². The second-order valence-corrected chi connectivity index (χ2v) is 6.14. The molecular weight excluding hydrogens is 238 g/mol. The first-order valence-electron chi connectivity index (χ1n) is 7.73. The Hall–Kier alpha value is -0.800. The molecule has 0 aliphatic heterocycles. The summed E-state index contributed by atoms with van der Waals surface area (Å²) < 4.78 is 11.7. The molecule has 1 N–H and O–H groups in total. The molecule has 3 heteroatoms. The first kappa shape index (κ1) is 13.2. The van der Waals surface area contributed by atoms with Crippen LogP contribution in [0.5, 0.6) is 0 Å². The van der Waals surface area contributed by atoms with Gasteiger partial charge in [0, 0.05) is 11.6 Å². The summed E-state index contributed by atoms with van der Waals surface area (Å²) in [5.74, 6) is 1.75. The minimum atomic E-state index is 0.438. The summed E-state index contributed by atoms with van der Waals surface area (Å²) in [6.45, 7) is 3.86. The topological polar surface area (TPSA) is 34.4 Å². The summed E-state index contributed by atoms with van der Waals surface area (Å²) in [5.41, 5.74) is 1.21. The van der Waals surface area contributed by atoms with Crippen molar-refractivity contribution in [1.29, 1.82) is 0 Å². The smallest absolute Gasteiger partial charge is 0.123 e. The lowest BCUT2D eigenvalue weighted by molar-refractivity contribution is -0.0160. The molecule has 1 aromatic rings. The van der Waals surface area contributed by atoms with Crippen molar-refractivity contribution in [2.24, 2.45) is 5.92 Å². The maximum Gasteiger partial charge on any atom is 0.123 e. The number of hydrogen-bond donors (Lipinski definition) is 1. The van der Waals surface area contributed by atoms with E-state index in [9.17, 15) is 0 Å². The zero-order valence-corrected chi connectivity index (χ0v) is 11.9. The molecule has 0 bridgehead atoms. The highest BCUT2D eigenvalue weighted by Gasteiger charge is 2.23. The second kappa shape index (κ2) is 6.10. The van der Waals surface area contributed by atoms with Gasteiger partial charge >= 0.3 is 0 Å². The van der Waals surface area contributed by atoms with Crippen LogP contribution in [0.3, 0.4) is 0 Å². The molecule has 0 saturated heterocycles. The van der Waals surface area contributed by atoms with Gasteiger partial charge in [-0.1, -0.05) is 19.8 Å². The van der Waals surface area contributed by atoms with Crippen molar-refractivity contribution < 1.29 is 9.15 Å². The molecule has 2 aliphatic carbocycles. The van der Waals surface area contributed by atoms with Gasteiger partial charge in [-0.05, 0) is 37.7 Å². The average Bonchev–Trinajstić information content (AvgIpc) is 3.14. The van der Waals surface area contributed by atoms with Gasteiger partial charge in [-0.25, -0.2) is 0 Å². The summed E-state index contributed by atoms with van der Waals surface area (Å²) in [5, 5.41) is 3.50. The Morgan fingerprint density at radius 1 is 1.26 bits per heavy atom. The van der Waals surface area contributed by atoms with E-state index in [1.165, 1.54) is 44.1 Å². The Balaban J connectivity index is 1.49. The van der Waals surface area contributed by atoms with Crippen molar-refractivity contribution >= 4 is 0 Å². The maximum atomic E-state index is 6.11. The molecule has 3 nitrogen and oxygen atoms in total.